The normalized spacial score (nSPS) is 17.1. The maximum absolute atomic E-state index is 12.9. The van der Waals surface area contributed by atoms with Crippen LogP contribution in [0.25, 0.3) is 5.65 Å². The molecule has 4 rings (SSSR count). The Balaban J connectivity index is 1.53. The van der Waals surface area contributed by atoms with E-state index < -0.39 is 17.8 Å². The quantitative estimate of drug-likeness (QED) is 0.760. The van der Waals surface area contributed by atoms with E-state index in [1.807, 2.05) is 0 Å². The van der Waals surface area contributed by atoms with Gasteiger partial charge < -0.3 is 9.88 Å². The summed E-state index contributed by atoms with van der Waals surface area (Å²) in [6.45, 7) is -0.0810. The number of ketones is 1. The van der Waals surface area contributed by atoms with Crippen molar-refractivity contribution in [3.8, 4) is 0 Å². The van der Waals surface area contributed by atoms with Crippen molar-refractivity contribution < 1.29 is 22.8 Å². The third-order valence-electron chi connectivity index (χ3n) is 4.57. The van der Waals surface area contributed by atoms with Crippen molar-refractivity contribution in [2.24, 2.45) is 0 Å². The number of nitrogens with one attached hydrogen (secondary N) is 1. The van der Waals surface area contributed by atoms with E-state index in [4.69, 9.17) is 0 Å². The topological polar surface area (TPSA) is 81.3 Å². The first kappa shape index (κ1) is 17.3. The standard InChI is InChI=1S/C17H14F3N5O2/c18-17(19,20)10-3-6-14-22-23-15(25(14)9-10)8-21-16(27)12-4-5-13(26)11-2-1-7-24(11)12/h1-3,6-7,9,12H,4-5,8H2,(H,21,27). The van der Waals surface area contributed by atoms with E-state index in [1.54, 1.807) is 22.9 Å². The number of carbonyl (C=O) groups excluding carboxylic acids is 2. The summed E-state index contributed by atoms with van der Waals surface area (Å²) in [6.07, 6.45) is -1.28. The number of nitrogens with zero attached hydrogens (tertiary/aromatic N) is 4. The van der Waals surface area contributed by atoms with Gasteiger partial charge in [0.05, 0.1) is 17.8 Å². The fourth-order valence-electron chi connectivity index (χ4n) is 3.20. The molecule has 0 radical (unpaired) electrons. The van der Waals surface area contributed by atoms with Crippen LogP contribution >= 0.6 is 0 Å². The third-order valence-corrected chi connectivity index (χ3v) is 4.57. The number of carbonyl (C=O) groups is 2. The van der Waals surface area contributed by atoms with Crippen molar-refractivity contribution in [1.82, 2.24) is 24.5 Å². The van der Waals surface area contributed by atoms with Crippen LogP contribution in [0.3, 0.4) is 0 Å². The third kappa shape index (κ3) is 3.07. The molecule has 0 aromatic carbocycles. The molecule has 0 aliphatic carbocycles. The van der Waals surface area contributed by atoms with Gasteiger partial charge in [0.1, 0.15) is 6.04 Å². The molecule has 0 fully saturated rings. The smallest absolute Gasteiger partial charge is 0.347 e. The van der Waals surface area contributed by atoms with Crippen LogP contribution in [0.2, 0.25) is 0 Å². The molecule has 0 saturated heterocycles. The Bertz CT molecular complexity index is 1040. The fraction of sp³-hybridized carbons (Fsp3) is 0.294. The summed E-state index contributed by atoms with van der Waals surface area (Å²) in [5.74, 6) is -0.167. The van der Waals surface area contributed by atoms with Gasteiger partial charge in [-0.3, -0.25) is 14.0 Å². The van der Waals surface area contributed by atoms with Crippen molar-refractivity contribution in [1.29, 1.82) is 0 Å². The summed E-state index contributed by atoms with van der Waals surface area (Å²) in [5.41, 5.74) is -0.0995. The summed E-state index contributed by atoms with van der Waals surface area (Å²) in [4.78, 5) is 24.4. The number of amides is 1. The molecular weight excluding hydrogens is 363 g/mol. The predicted molar refractivity (Wildman–Crippen MR) is 86.9 cm³/mol. The minimum absolute atomic E-state index is 0.0211. The molecule has 1 aliphatic rings. The van der Waals surface area contributed by atoms with E-state index in [0.717, 1.165) is 12.3 Å². The van der Waals surface area contributed by atoms with E-state index >= 15 is 0 Å². The average Bonchev–Trinajstić information content (AvgIpc) is 3.26. The molecule has 3 aromatic heterocycles. The van der Waals surface area contributed by atoms with Gasteiger partial charge in [-0.15, -0.1) is 10.2 Å². The minimum atomic E-state index is -4.49. The molecular formula is C17H14F3N5O2. The highest BCUT2D eigenvalue weighted by Gasteiger charge is 2.32. The lowest BCUT2D eigenvalue weighted by molar-refractivity contribution is -0.137. The van der Waals surface area contributed by atoms with Crippen LogP contribution in [0.4, 0.5) is 13.2 Å². The second kappa shape index (κ2) is 6.22. The Labute approximate surface area is 150 Å². The largest absolute Gasteiger partial charge is 0.417 e. The second-order valence-electron chi connectivity index (χ2n) is 6.26. The van der Waals surface area contributed by atoms with Crippen LogP contribution < -0.4 is 5.32 Å². The van der Waals surface area contributed by atoms with E-state index in [1.165, 1.54) is 10.5 Å². The molecule has 7 nitrogen and oxygen atoms in total. The van der Waals surface area contributed by atoms with E-state index in [-0.39, 0.29) is 36.1 Å². The Kier molecular flexibility index (Phi) is 3.97. The molecule has 0 bridgehead atoms. The summed E-state index contributed by atoms with van der Waals surface area (Å²) >= 11 is 0. The Morgan fingerprint density at radius 2 is 2.07 bits per heavy atom. The first-order valence-corrected chi connectivity index (χ1v) is 8.23. The molecule has 1 amide bonds. The lowest BCUT2D eigenvalue weighted by Gasteiger charge is -2.24. The van der Waals surface area contributed by atoms with Gasteiger partial charge in [0.25, 0.3) is 0 Å². The zero-order chi connectivity index (χ0) is 19.2. The number of pyridine rings is 1. The molecule has 1 unspecified atom stereocenters. The molecule has 4 heterocycles. The van der Waals surface area contributed by atoms with Crippen LogP contribution in [0, 0.1) is 0 Å². The number of alkyl halides is 3. The van der Waals surface area contributed by atoms with E-state index in [9.17, 15) is 22.8 Å². The SMILES string of the molecule is O=C1CCC(C(=O)NCc2nnc3ccc(C(F)(F)F)cn23)n2cccc21. The van der Waals surface area contributed by atoms with E-state index in [2.05, 4.69) is 15.5 Å². The highest BCUT2D eigenvalue weighted by molar-refractivity contribution is 5.97. The van der Waals surface area contributed by atoms with Gasteiger partial charge in [0, 0.05) is 18.8 Å². The van der Waals surface area contributed by atoms with Crippen molar-refractivity contribution in [2.45, 2.75) is 31.6 Å². The molecule has 27 heavy (non-hydrogen) atoms. The predicted octanol–water partition coefficient (Wildman–Crippen LogP) is 2.38. The van der Waals surface area contributed by atoms with E-state index in [0.29, 0.717) is 12.1 Å². The van der Waals surface area contributed by atoms with Gasteiger partial charge in [-0.05, 0) is 30.7 Å². The molecule has 140 valence electrons. The first-order chi connectivity index (χ1) is 12.8. The zero-order valence-electron chi connectivity index (χ0n) is 13.9. The Morgan fingerprint density at radius 1 is 1.26 bits per heavy atom. The number of hydrogen-bond donors (Lipinski definition) is 1. The highest BCUT2D eigenvalue weighted by atomic mass is 19.4. The average molecular weight is 377 g/mol. The number of Topliss-reactive ketones (excluding diaryl/α,β-unsaturated/α-hetero) is 1. The molecule has 0 saturated carbocycles. The summed E-state index contributed by atoms with van der Waals surface area (Å²) in [6, 6.07) is 4.97. The summed E-state index contributed by atoms with van der Waals surface area (Å²) in [5, 5.41) is 10.3. The van der Waals surface area contributed by atoms with Crippen LogP contribution in [0.5, 0.6) is 0 Å². The summed E-state index contributed by atoms with van der Waals surface area (Å²) in [7, 11) is 0. The van der Waals surface area contributed by atoms with Gasteiger partial charge in [-0.1, -0.05) is 0 Å². The molecule has 3 aromatic rings. The van der Waals surface area contributed by atoms with Crippen LogP contribution in [-0.2, 0) is 17.5 Å². The Morgan fingerprint density at radius 3 is 2.85 bits per heavy atom. The van der Waals surface area contributed by atoms with Gasteiger partial charge in [0.2, 0.25) is 5.91 Å². The first-order valence-electron chi connectivity index (χ1n) is 8.23. The lowest BCUT2D eigenvalue weighted by Crippen LogP contribution is -2.36. The molecule has 0 spiro atoms. The monoisotopic (exact) mass is 377 g/mol. The maximum atomic E-state index is 12.9. The summed E-state index contributed by atoms with van der Waals surface area (Å²) < 4.78 is 41.5. The van der Waals surface area contributed by atoms with Gasteiger partial charge >= 0.3 is 6.18 Å². The number of rotatable bonds is 3. The highest BCUT2D eigenvalue weighted by Crippen LogP contribution is 2.29. The Hall–Kier alpha value is -3.17. The molecule has 1 aliphatic heterocycles. The van der Waals surface area contributed by atoms with Crippen molar-refractivity contribution in [3.05, 3.63) is 53.7 Å². The number of hydrogen-bond acceptors (Lipinski definition) is 4. The van der Waals surface area contributed by atoms with Gasteiger partial charge in [0.15, 0.2) is 17.3 Å². The van der Waals surface area contributed by atoms with Crippen molar-refractivity contribution in [2.75, 3.05) is 0 Å². The van der Waals surface area contributed by atoms with Crippen LogP contribution in [0.1, 0.15) is 40.8 Å². The van der Waals surface area contributed by atoms with Crippen LogP contribution in [-0.4, -0.2) is 30.9 Å². The number of halogens is 3. The van der Waals surface area contributed by atoms with Crippen molar-refractivity contribution >= 4 is 17.3 Å². The minimum Gasteiger partial charge on any atom is -0.347 e. The zero-order valence-corrected chi connectivity index (χ0v) is 13.9. The van der Waals surface area contributed by atoms with Gasteiger partial charge in [-0.25, -0.2) is 0 Å². The van der Waals surface area contributed by atoms with Crippen LogP contribution in [0.15, 0.2) is 36.7 Å². The number of aromatic nitrogens is 4. The molecule has 10 heteroatoms. The second-order valence-corrected chi connectivity index (χ2v) is 6.26. The lowest BCUT2D eigenvalue weighted by atomic mass is 10.0. The van der Waals surface area contributed by atoms with Gasteiger partial charge in [-0.2, -0.15) is 13.2 Å². The number of fused-ring (bicyclic) bond motifs is 2. The molecule has 1 N–H and O–H groups in total. The maximum Gasteiger partial charge on any atom is 0.417 e. The molecule has 1 atom stereocenters. The van der Waals surface area contributed by atoms with Crippen molar-refractivity contribution in [3.63, 3.8) is 0 Å². The fourth-order valence-corrected chi connectivity index (χ4v) is 3.20.